The molecule has 0 radical (unpaired) electrons. The fourth-order valence-corrected chi connectivity index (χ4v) is 3.72. The lowest BCUT2D eigenvalue weighted by Gasteiger charge is -2.30. The van der Waals surface area contributed by atoms with Crippen molar-refractivity contribution < 1.29 is 14.3 Å². The van der Waals surface area contributed by atoms with E-state index in [2.05, 4.69) is 5.32 Å². The van der Waals surface area contributed by atoms with Crippen molar-refractivity contribution in [3.8, 4) is 5.75 Å². The number of hydrogen-bond donors (Lipinski definition) is 1. The van der Waals surface area contributed by atoms with E-state index in [4.69, 9.17) is 17.0 Å². The first-order chi connectivity index (χ1) is 14.0. The number of hydrogen-bond acceptors (Lipinski definition) is 4. The molecule has 0 atom stereocenters. The van der Waals surface area contributed by atoms with E-state index in [-0.39, 0.29) is 10.7 Å². The molecule has 5 nitrogen and oxygen atoms in total. The van der Waals surface area contributed by atoms with Crippen molar-refractivity contribution in [1.82, 2.24) is 5.32 Å². The molecule has 0 bridgehead atoms. The lowest BCUT2D eigenvalue weighted by Crippen LogP contribution is -2.54. The molecular formula is C23H18N2O3S. The summed E-state index contributed by atoms with van der Waals surface area (Å²) in [4.78, 5) is 27.2. The molecule has 4 rings (SSSR count). The Labute approximate surface area is 173 Å². The van der Waals surface area contributed by atoms with Crippen LogP contribution in [0.15, 0.2) is 66.2 Å². The van der Waals surface area contributed by atoms with E-state index in [9.17, 15) is 9.59 Å². The third-order valence-electron chi connectivity index (χ3n) is 4.90. The molecule has 29 heavy (non-hydrogen) atoms. The molecule has 0 unspecified atom stereocenters. The van der Waals surface area contributed by atoms with Gasteiger partial charge >= 0.3 is 0 Å². The van der Waals surface area contributed by atoms with Crippen LogP contribution in [-0.4, -0.2) is 24.0 Å². The van der Waals surface area contributed by atoms with E-state index in [0.29, 0.717) is 5.69 Å². The molecule has 1 aliphatic heterocycles. The fourth-order valence-electron chi connectivity index (χ4n) is 3.44. The zero-order valence-corrected chi connectivity index (χ0v) is 16.7. The molecule has 0 saturated carbocycles. The Morgan fingerprint density at radius 3 is 2.38 bits per heavy atom. The number of ether oxygens (including phenoxy) is 1. The monoisotopic (exact) mass is 402 g/mol. The molecule has 6 heteroatoms. The van der Waals surface area contributed by atoms with Gasteiger partial charge in [0.2, 0.25) is 0 Å². The van der Waals surface area contributed by atoms with Gasteiger partial charge in [0.25, 0.3) is 11.8 Å². The van der Waals surface area contributed by atoms with Gasteiger partial charge in [0, 0.05) is 5.39 Å². The molecule has 3 aromatic rings. The topological polar surface area (TPSA) is 58.6 Å². The number of thiocarbonyl (C=S) groups is 1. The third kappa shape index (κ3) is 3.28. The Morgan fingerprint density at radius 1 is 0.966 bits per heavy atom. The van der Waals surface area contributed by atoms with Gasteiger partial charge in [-0.25, -0.2) is 0 Å². The molecule has 1 saturated heterocycles. The number of carbonyl (C=O) groups is 2. The number of nitrogens with zero attached hydrogens (tertiary/aromatic N) is 1. The van der Waals surface area contributed by atoms with Crippen LogP contribution in [0.4, 0.5) is 5.69 Å². The van der Waals surface area contributed by atoms with Gasteiger partial charge in [-0.3, -0.25) is 19.8 Å². The molecule has 1 heterocycles. The molecule has 3 aromatic carbocycles. The Morgan fingerprint density at radius 2 is 1.66 bits per heavy atom. The zero-order valence-electron chi connectivity index (χ0n) is 15.9. The first-order valence-electron chi connectivity index (χ1n) is 9.04. The van der Waals surface area contributed by atoms with Crippen molar-refractivity contribution in [2.75, 3.05) is 12.0 Å². The van der Waals surface area contributed by atoms with Crippen LogP contribution in [0.5, 0.6) is 5.75 Å². The molecule has 0 aliphatic carbocycles. The highest BCUT2D eigenvalue weighted by Gasteiger charge is 2.35. The normalized spacial score (nSPS) is 15.7. The Kier molecular flexibility index (Phi) is 4.86. The Balaban J connectivity index is 1.84. The van der Waals surface area contributed by atoms with Gasteiger partial charge in [0.05, 0.1) is 12.8 Å². The number of benzene rings is 3. The predicted octanol–water partition coefficient (Wildman–Crippen LogP) is 3.99. The minimum atomic E-state index is -0.510. The van der Waals surface area contributed by atoms with Crippen LogP contribution in [0.25, 0.3) is 16.8 Å². The van der Waals surface area contributed by atoms with E-state index in [1.54, 1.807) is 19.3 Å². The maximum absolute atomic E-state index is 13.2. The summed E-state index contributed by atoms with van der Waals surface area (Å²) in [5.41, 5.74) is 2.30. The summed E-state index contributed by atoms with van der Waals surface area (Å²) in [7, 11) is 1.61. The molecule has 2 amide bonds. The maximum atomic E-state index is 13.2. The van der Waals surface area contributed by atoms with Crippen molar-refractivity contribution in [2.45, 2.75) is 6.92 Å². The highest BCUT2D eigenvalue weighted by atomic mass is 32.1. The first-order valence-corrected chi connectivity index (χ1v) is 9.45. The van der Waals surface area contributed by atoms with Gasteiger partial charge in [-0.15, -0.1) is 0 Å². The second-order valence-electron chi connectivity index (χ2n) is 6.65. The summed E-state index contributed by atoms with van der Waals surface area (Å²) in [6.07, 6.45) is 1.60. The molecule has 0 spiro atoms. The minimum absolute atomic E-state index is 0.0252. The quantitative estimate of drug-likeness (QED) is 0.409. The van der Waals surface area contributed by atoms with Gasteiger partial charge in [-0.05, 0) is 53.9 Å². The number of nitrogens with one attached hydrogen (secondary N) is 1. The van der Waals surface area contributed by atoms with Crippen molar-refractivity contribution in [2.24, 2.45) is 0 Å². The lowest BCUT2D eigenvalue weighted by molar-refractivity contribution is -0.122. The second-order valence-corrected chi connectivity index (χ2v) is 7.03. The number of methoxy groups -OCH3 is 1. The van der Waals surface area contributed by atoms with E-state index in [1.165, 1.54) is 4.90 Å². The van der Waals surface area contributed by atoms with Gasteiger partial charge < -0.3 is 4.74 Å². The van der Waals surface area contributed by atoms with Crippen LogP contribution in [0, 0.1) is 6.92 Å². The molecule has 1 N–H and O–H groups in total. The standard InChI is InChI=1S/C23H18N2O3S/c1-14-7-3-6-10-19(14)25-22(27)18(21(26)24-23(25)29)13-15-11-12-20(28-2)17-9-5-4-8-16(15)17/h3-13H,1-2H3,(H,24,26,29)/b18-13+. The summed E-state index contributed by atoms with van der Waals surface area (Å²) < 4.78 is 5.42. The average Bonchev–Trinajstić information content (AvgIpc) is 2.72. The van der Waals surface area contributed by atoms with Crippen molar-refractivity contribution in [1.29, 1.82) is 0 Å². The number of fused-ring (bicyclic) bond motifs is 1. The summed E-state index contributed by atoms with van der Waals surface area (Å²) in [6.45, 7) is 1.89. The van der Waals surface area contributed by atoms with Crippen molar-refractivity contribution in [3.05, 3.63) is 77.4 Å². The highest BCUT2D eigenvalue weighted by Crippen LogP contribution is 2.31. The first kappa shape index (κ1) is 18.8. The number of amides is 2. The fraction of sp³-hybridized carbons (Fsp3) is 0.0870. The largest absolute Gasteiger partial charge is 0.496 e. The van der Waals surface area contributed by atoms with Gasteiger partial charge in [-0.2, -0.15) is 0 Å². The van der Waals surface area contributed by atoms with Crippen LogP contribution >= 0.6 is 12.2 Å². The molecular weight excluding hydrogens is 384 g/mol. The van der Waals surface area contributed by atoms with Crippen LogP contribution in [0.1, 0.15) is 11.1 Å². The summed E-state index contributed by atoms with van der Waals surface area (Å²) in [6, 6.07) is 18.7. The Bertz CT molecular complexity index is 1200. The number of anilines is 1. The van der Waals surface area contributed by atoms with E-state index in [1.807, 2.05) is 61.5 Å². The predicted molar refractivity (Wildman–Crippen MR) is 118 cm³/mol. The van der Waals surface area contributed by atoms with Crippen LogP contribution in [0.3, 0.4) is 0 Å². The van der Waals surface area contributed by atoms with Gasteiger partial charge in [-0.1, -0.05) is 48.5 Å². The van der Waals surface area contributed by atoms with E-state index >= 15 is 0 Å². The summed E-state index contributed by atoms with van der Waals surface area (Å²) in [5.74, 6) is -0.234. The van der Waals surface area contributed by atoms with Crippen molar-refractivity contribution >= 4 is 51.7 Å². The van der Waals surface area contributed by atoms with Gasteiger partial charge in [0.15, 0.2) is 5.11 Å². The molecule has 0 aromatic heterocycles. The maximum Gasteiger partial charge on any atom is 0.270 e. The molecule has 1 aliphatic rings. The number of carbonyl (C=O) groups excluding carboxylic acids is 2. The summed E-state index contributed by atoms with van der Waals surface area (Å²) >= 11 is 5.28. The average molecular weight is 402 g/mol. The Hall–Kier alpha value is -3.51. The number of para-hydroxylation sites is 1. The lowest BCUT2D eigenvalue weighted by atomic mass is 10.00. The van der Waals surface area contributed by atoms with Crippen LogP contribution in [0.2, 0.25) is 0 Å². The molecule has 144 valence electrons. The minimum Gasteiger partial charge on any atom is -0.496 e. The number of aryl methyl sites for hydroxylation is 1. The van der Waals surface area contributed by atoms with Crippen LogP contribution < -0.4 is 15.0 Å². The number of rotatable bonds is 3. The van der Waals surface area contributed by atoms with E-state index in [0.717, 1.165) is 27.6 Å². The second kappa shape index (κ2) is 7.48. The van der Waals surface area contributed by atoms with Gasteiger partial charge in [0.1, 0.15) is 11.3 Å². The molecule has 1 fully saturated rings. The van der Waals surface area contributed by atoms with Crippen LogP contribution in [-0.2, 0) is 9.59 Å². The SMILES string of the molecule is COc1ccc(/C=C2\C(=O)NC(=S)N(c3ccccc3C)C2=O)c2ccccc12. The zero-order chi connectivity index (χ0) is 20.5. The van der Waals surface area contributed by atoms with E-state index < -0.39 is 11.8 Å². The summed E-state index contributed by atoms with van der Waals surface area (Å²) in [5, 5.41) is 4.49. The third-order valence-corrected chi connectivity index (χ3v) is 5.18. The smallest absolute Gasteiger partial charge is 0.270 e. The highest BCUT2D eigenvalue weighted by molar-refractivity contribution is 7.80. The van der Waals surface area contributed by atoms with Crippen molar-refractivity contribution in [3.63, 3.8) is 0 Å².